The normalized spacial score (nSPS) is 19.9. The van der Waals surface area contributed by atoms with E-state index >= 15 is 0 Å². The molecule has 98 valence electrons. The molecule has 1 saturated heterocycles. The second-order valence-electron chi connectivity index (χ2n) is 4.40. The Morgan fingerprint density at radius 1 is 1.67 bits per heavy atom. The largest absolute Gasteiger partial charge is 0.377 e. The van der Waals surface area contributed by atoms with Gasteiger partial charge < -0.3 is 10.1 Å². The fraction of sp³-hybridized carbons (Fsp3) is 0.583. The number of imidazole rings is 1. The minimum Gasteiger partial charge on any atom is -0.377 e. The third-order valence-corrected chi connectivity index (χ3v) is 4.99. The van der Waals surface area contributed by atoms with Gasteiger partial charge in [-0.15, -0.1) is 23.1 Å². The van der Waals surface area contributed by atoms with E-state index in [-0.39, 0.29) is 0 Å². The zero-order valence-corrected chi connectivity index (χ0v) is 12.0. The van der Waals surface area contributed by atoms with E-state index in [0.29, 0.717) is 6.10 Å². The average Bonchev–Trinajstić information content (AvgIpc) is 3.05. The van der Waals surface area contributed by atoms with Crippen molar-refractivity contribution in [2.45, 2.75) is 30.5 Å². The molecule has 0 radical (unpaired) electrons. The summed E-state index contributed by atoms with van der Waals surface area (Å²) in [7, 11) is 1.97. The van der Waals surface area contributed by atoms with Crippen molar-refractivity contribution in [3.8, 4) is 0 Å². The molecule has 1 N–H and O–H groups in total. The molecule has 3 rings (SSSR count). The molecule has 1 aliphatic heterocycles. The van der Waals surface area contributed by atoms with Crippen LogP contribution < -0.4 is 5.32 Å². The van der Waals surface area contributed by atoms with Crippen LogP contribution in [0.15, 0.2) is 16.6 Å². The van der Waals surface area contributed by atoms with Crippen molar-refractivity contribution in [3.05, 3.63) is 17.3 Å². The van der Waals surface area contributed by atoms with Crippen molar-refractivity contribution in [3.63, 3.8) is 0 Å². The summed E-state index contributed by atoms with van der Waals surface area (Å²) in [5, 5.41) is 6.44. The molecule has 1 fully saturated rings. The fourth-order valence-corrected chi connectivity index (χ4v) is 4.09. The molecule has 1 aliphatic rings. The van der Waals surface area contributed by atoms with Crippen molar-refractivity contribution in [1.29, 1.82) is 0 Å². The molecule has 2 aromatic rings. The third-order valence-electron chi connectivity index (χ3n) is 3.10. The van der Waals surface area contributed by atoms with Gasteiger partial charge in [-0.3, -0.25) is 4.40 Å². The first kappa shape index (κ1) is 12.5. The molecule has 0 amide bonds. The number of ether oxygens (including phenoxy) is 1. The van der Waals surface area contributed by atoms with Crippen LogP contribution in [0.2, 0.25) is 0 Å². The summed E-state index contributed by atoms with van der Waals surface area (Å²) in [5.41, 5.74) is 1.26. The van der Waals surface area contributed by atoms with E-state index in [0.717, 1.165) is 28.9 Å². The van der Waals surface area contributed by atoms with Crippen LogP contribution in [0.1, 0.15) is 18.5 Å². The highest BCUT2D eigenvalue weighted by Gasteiger charge is 2.18. The standard InChI is InChI=1S/C12H17N3OS2/c1-13-7-10-11(14-12-15(10)4-6-17-12)18-8-9-3-2-5-16-9/h4,6,9,13H,2-3,5,7-8H2,1H3. The number of thioether (sulfide) groups is 1. The summed E-state index contributed by atoms with van der Waals surface area (Å²) in [6, 6.07) is 0. The summed E-state index contributed by atoms with van der Waals surface area (Å²) in [4.78, 5) is 5.78. The Morgan fingerprint density at radius 3 is 3.39 bits per heavy atom. The Hall–Kier alpha value is -0.560. The van der Waals surface area contributed by atoms with Crippen LogP contribution in [-0.4, -0.2) is 34.9 Å². The molecule has 18 heavy (non-hydrogen) atoms. The van der Waals surface area contributed by atoms with Crippen LogP contribution >= 0.6 is 23.1 Å². The van der Waals surface area contributed by atoms with E-state index < -0.39 is 0 Å². The zero-order chi connectivity index (χ0) is 12.4. The quantitative estimate of drug-likeness (QED) is 0.855. The van der Waals surface area contributed by atoms with Gasteiger partial charge in [0.2, 0.25) is 0 Å². The predicted molar refractivity (Wildman–Crippen MR) is 75.5 cm³/mol. The molecule has 0 bridgehead atoms. The minimum atomic E-state index is 0.414. The van der Waals surface area contributed by atoms with Gasteiger partial charge in [-0.05, 0) is 19.9 Å². The van der Waals surface area contributed by atoms with Crippen molar-refractivity contribution in [1.82, 2.24) is 14.7 Å². The maximum Gasteiger partial charge on any atom is 0.194 e. The highest BCUT2D eigenvalue weighted by atomic mass is 32.2. The van der Waals surface area contributed by atoms with Crippen molar-refractivity contribution in [2.24, 2.45) is 0 Å². The molecule has 0 aliphatic carbocycles. The maximum atomic E-state index is 5.66. The van der Waals surface area contributed by atoms with E-state index in [2.05, 4.69) is 21.3 Å². The fourth-order valence-electron chi connectivity index (χ4n) is 2.20. The molecule has 0 spiro atoms. The van der Waals surface area contributed by atoms with E-state index in [1.807, 2.05) is 18.8 Å². The third kappa shape index (κ3) is 2.42. The molecule has 2 aromatic heterocycles. The van der Waals surface area contributed by atoms with Gasteiger partial charge in [-0.2, -0.15) is 0 Å². The Kier molecular flexibility index (Phi) is 3.88. The molecule has 0 saturated carbocycles. The number of nitrogens with one attached hydrogen (secondary N) is 1. The SMILES string of the molecule is CNCc1c(SCC2CCCO2)nc2sccn12. The zero-order valence-electron chi connectivity index (χ0n) is 10.4. The highest BCUT2D eigenvalue weighted by Crippen LogP contribution is 2.28. The molecule has 3 heterocycles. The summed E-state index contributed by atoms with van der Waals surface area (Å²) in [5.74, 6) is 1.02. The van der Waals surface area contributed by atoms with Gasteiger partial charge in [-0.25, -0.2) is 4.98 Å². The Morgan fingerprint density at radius 2 is 2.61 bits per heavy atom. The number of nitrogens with zero attached hydrogens (tertiary/aromatic N) is 2. The van der Waals surface area contributed by atoms with Crippen LogP contribution in [-0.2, 0) is 11.3 Å². The lowest BCUT2D eigenvalue weighted by atomic mass is 10.3. The van der Waals surface area contributed by atoms with Crippen LogP contribution in [0, 0.1) is 0 Å². The topological polar surface area (TPSA) is 38.6 Å². The number of hydrogen-bond acceptors (Lipinski definition) is 5. The molecule has 4 nitrogen and oxygen atoms in total. The highest BCUT2D eigenvalue weighted by molar-refractivity contribution is 7.99. The van der Waals surface area contributed by atoms with Crippen LogP contribution in [0.5, 0.6) is 0 Å². The lowest BCUT2D eigenvalue weighted by molar-refractivity contribution is 0.129. The first-order valence-corrected chi connectivity index (χ1v) is 8.08. The molecular weight excluding hydrogens is 266 g/mol. The smallest absolute Gasteiger partial charge is 0.194 e. The van der Waals surface area contributed by atoms with Gasteiger partial charge in [0.25, 0.3) is 0 Å². The first-order chi connectivity index (χ1) is 8.88. The molecule has 1 atom stereocenters. The van der Waals surface area contributed by atoms with Gasteiger partial charge in [0.1, 0.15) is 5.03 Å². The summed E-state index contributed by atoms with van der Waals surface area (Å²) in [6.45, 7) is 1.78. The number of thiazole rings is 1. The van der Waals surface area contributed by atoms with E-state index in [1.54, 1.807) is 11.3 Å². The summed E-state index contributed by atoms with van der Waals surface area (Å²) < 4.78 is 7.84. The van der Waals surface area contributed by atoms with Crippen molar-refractivity contribution >= 4 is 28.1 Å². The summed E-state index contributed by atoms with van der Waals surface area (Å²) >= 11 is 3.51. The Balaban J connectivity index is 1.76. The number of fused-ring (bicyclic) bond motifs is 1. The molecule has 0 aromatic carbocycles. The van der Waals surface area contributed by atoms with Crippen molar-refractivity contribution < 1.29 is 4.74 Å². The molecule has 6 heteroatoms. The second kappa shape index (κ2) is 5.61. The molecular formula is C12H17N3OS2. The molecule has 1 unspecified atom stereocenters. The first-order valence-electron chi connectivity index (χ1n) is 6.22. The lowest BCUT2D eigenvalue weighted by Crippen LogP contribution is -2.10. The number of aromatic nitrogens is 2. The Bertz CT molecular complexity index is 516. The van der Waals surface area contributed by atoms with Crippen LogP contribution in [0.3, 0.4) is 0 Å². The van der Waals surface area contributed by atoms with E-state index in [9.17, 15) is 0 Å². The van der Waals surface area contributed by atoms with Gasteiger partial charge >= 0.3 is 0 Å². The van der Waals surface area contributed by atoms with Gasteiger partial charge in [0.15, 0.2) is 4.96 Å². The lowest BCUT2D eigenvalue weighted by Gasteiger charge is -2.08. The van der Waals surface area contributed by atoms with Gasteiger partial charge in [0.05, 0.1) is 11.8 Å². The van der Waals surface area contributed by atoms with Gasteiger partial charge in [0, 0.05) is 30.5 Å². The van der Waals surface area contributed by atoms with Crippen LogP contribution in [0.4, 0.5) is 0 Å². The Labute approximate surface area is 115 Å². The van der Waals surface area contributed by atoms with Crippen molar-refractivity contribution in [2.75, 3.05) is 19.4 Å². The predicted octanol–water partition coefficient (Wildman–Crippen LogP) is 2.39. The van der Waals surface area contributed by atoms with Gasteiger partial charge in [-0.1, -0.05) is 0 Å². The number of hydrogen-bond donors (Lipinski definition) is 1. The van der Waals surface area contributed by atoms with E-state index in [4.69, 9.17) is 9.72 Å². The summed E-state index contributed by atoms with van der Waals surface area (Å²) in [6.07, 6.45) is 4.90. The average molecular weight is 283 g/mol. The number of rotatable bonds is 5. The van der Waals surface area contributed by atoms with E-state index in [1.165, 1.54) is 18.5 Å². The maximum absolute atomic E-state index is 5.66. The van der Waals surface area contributed by atoms with Crippen LogP contribution in [0.25, 0.3) is 4.96 Å². The monoisotopic (exact) mass is 283 g/mol. The minimum absolute atomic E-state index is 0.414. The second-order valence-corrected chi connectivity index (χ2v) is 6.28.